The molecule has 0 fully saturated rings. The number of carbonyl (C=O) groups is 1. The third kappa shape index (κ3) is 2.63. The zero-order chi connectivity index (χ0) is 18.4. The van der Waals surface area contributed by atoms with Crippen LogP contribution < -0.4 is 0 Å². The summed E-state index contributed by atoms with van der Waals surface area (Å²) in [6, 6.07) is 10.3. The molecule has 1 aliphatic rings. The maximum Gasteiger partial charge on any atom is 0.273 e. The number of nitrogens with zero attached hydrogens (tertiary/aromatic N) is 2. The molecule has 0 spiro atoms. The van der Waals surface area contributed by atoms with Crippen LogP contribution in [-0.4, -0.2) is 27.3 Å². The topological polar surface area (TPSA) is 79.2 Å². The number of nitro groups is 1. The number of H-pyrrole nitrogens is 1. The van der Waals surface area contributed by atoms with Gasteiger partial charge in [-0.05, 0) is 31.2 Å². The van der Waals surface area contributed by atoms with Crippen LogP contribution in [0.4, 0.5) is 5.69 Å². The molecule has 26 heavy (non-hydrogen) atoms. The third-order valence-corrected chi connectivity index (χ3v) is 5.19. The summed E-state index contributed by atoms with van der Waals surface area (Å²) in [5.41, 5.74) is 3.91. The second-order valence-corrected chi connectivity index (χ2v) is 6.89. The molecule has 0 unspecified atom stereocenters. The molecule has 0 aliphatic carbocycles. The molecule has 1 aromatic heterocycles. The first kappa shape index (κ1) is 16.6. The number of amides is 1. The van der Waals surface area contributed by atoms with Crippen LogP contribution in [0.5, 0.6) is 0 Å². The summed E-state index contributed by atoms with van der Waals surface area (Å²) in [5, 5.41) is 12.8. The Hall–Kier alpha value is -2.86. The summed E-state index contributed by atoms with van der Waals surface area (Å²) in [5.74, 6) is -0.187. The average Bonchev–Trinajstić information content (AvgIpc) is 2.98. The van der Waals surface area contributed by atoms with Crippen molar-refractivity contribution in [2.45, 2.75) is 19.9 Å². The van der Waals surface area contributed by atoms with Gasteiger partial charge in [-0.3, -0.25) is 14.9 Å². The van der Waals surface area contributed by atoms with E-state index in [1.54, 1.807) is 24.0 Å². The van der Waals surface area contributed by atoms with E-state index in [2.05, 4.69) is 4.98 Å². The lowest BCUT2D eigenvalue weighted by molar-refractivity contribution is -0.385. The summed E-state index contributed by atoms with van der Waals surface area (Å²) < 4.78 is 0. The smallest absolute Gasteiger partial charge is 0.273 e. The highest BCUT2D eigenvalue weighted by Gasteiger charge is 2.27. The fraction of sp³-hybridized carbons (Fsp3) is 0.211. The second-order valence-electron chi connectivity index (χ2n) is 6.46. The number of fused-ring (bicyclic) bond motifs is 3. The molecular weight excluding hydrogens is 354 g/mol. The number of benzene rings is 2. The highest BCUT2D eigenvalue weighted by atomic mass is 35.5. The number of halogens is 1. The van der Waals surface area contributed by atoms with Crippen molar-refractivity contribution in [2.24, 2.45) is 0 Å². The molecule has 3 aromatic rings. The first-order valence-corrected chi connectivity index (χ1v) is 8.66. The number of rotatable bonds is 2. The molecule has 0 bridgehead atoms. The van der Waals surface area contributed by atoms with Crippen LogP contribution in [-0.2, 0) is 13.0 Å². The monoisotopic (exact) mass is 369 g/mol. The minimum atomic E-state index is -0.456. The van der Waals surface area contributed by atoms with Crippen molar-refractivity contribution < 1.29 is 9.72 Å². The van der Waals surface area contributed by atoms with Crippen molar-refractivity contribution in [2.75, 3.05) is 6.54 Å². The van der Waals surface area contributed by atoms with E-state index < -0.39 is 4.92 Å². The molecule has 1 aliphatic heterocycles. The number of aromatic nitrogens is 1. The average molecular weight is 370 g/mol. The molecule has 2 heterocycles. The molecule has 4 rings (SSSR count). The lowest BCUT2D eigenvalue weighted by Crippen LogP contribution is -2.36. The van der Waals surface area contributed by atoms with Gasteiger partial charge in [0.15, 0.2) is 0 Å². The Morgan fingerprint density at radius 1 is 1.31 bits per heavy atom. The molecule has 1 amide bonds. The summed E-state index contributed by atoms with van der Waals surface area (Å²) in [7, 11) is 0. The van der Waals surface area contributed by atoms with E-state index in [1.165, 1.54) is 6.07 Å². The van der Waals surface area contributed by atoms with Crippen LogP contribution in [0.2, 0.25) is 5.02 Å². The van der Waals surface area contributed by atoms with Gasteiger partial charge in [-0.1, -0.05) is 17.7 Å². The van der Waals surface area contributed by atoms with E-state index in [-0.39, 0.29) is 11.6 Å². The molecule has 6 nitrogen and oxygen atoms in total. The Kier molecular flexibility index (Phi) is 3.92. The van der Waals surface area contributed by atoms with Crippen LogP contribution in [0.15, 0.2) is 36.4 Å². The van der Waals surface area contributed by atoms with Gasteiger partial charge in [-0.15, -0.1) is 0 Å². The van der Waals surface area contributed by atoms with E-state index in [9.17, 15) is 14.9 Å². The highest BCUT2D eigenvalue weighted by Crippen LogP contribution is 2.31. The lowest BCUT2D eigenvalue weighted by Gasteiger charge is -2.27. The largest absolute Gasteiger partial charge is 0.358 e. The van der Waals surface area contributed by atoms with Crippen molar-refractivity contribution >= 4 is 34.1 Å². The summed E-state index contributed by atoms with van der Waals surface area (Å²) in [4.78, 5) is 28.8. The molecule has 7 heteroatoms. The van der Waals surface area contributed by atoms with Gasteiger partial charge in [-0.25, -0.2) is 0 Å². The number of aromatic amines is 1. The van der Waals surface area contributed by atoms with Gasteiger partial charge in [0.25, 0.3) is 11.6 Å². The normalized spacial score (nSPS) is 13.7. The van der Waals surface area contributed by atoms with Crippen molar-refractivity contribution in [3.05, 3.63) is 73.9 Å². The summed E-state index contributed by atoms with van der Waals surface area (Å²) >= 11 is 6.12. The predicted molar refractivity (Wildman–Crippen MR) is 99.6 cm³/mol. The van der Waals surface area contributed by atoms with E-state index in [4.69, 9.17) is 11.6 Å². The van der Waals surface area contributed by atoms with E-state index in [0.717, 1.165) is 22.2 Å². The Morgan fingerprint density at radius 2 is 2.12 bits per heavy atom. The second kappa shape index (κ2) is 6.14. The number of hydrogen-bond donors (Lipinski definition) is 1. The minimum Gasteiger partial charge on any atom is -0.358 e. The SMILES string of the molecule is Cc1c(C(=O)N2CCc3[nH]c4ccc(Cl)cc4c3C2)cccc1[N+](=O)[O-]. The van der Waals surface area contributed by atoms with Gasteiger partial charge in [0.05, 0.1) is 4.92 Å². The lowest BCUT2D eigenvalue weighted by atomic mass is 10.0. The Bertz CT molecular complexity index is 1060. The standard InChI is InChI=1S/C19H16ClN3O3/c1-11-13(3-2-4-18(11)23(25)26)19(24)22-8-7-17-15(10-22)14-9-12(20)5-6-16(14)21-17/h2-6,9,21H,7-8,10H2,1H3. The molecule has 0 atom stereocenters. The predicted octanol–water partition coefficient (Wildman–Crippen LogP) is 4.24. The number of nitro benzene ring substituents is 1. The third-order valence-electron chi connectivity index (χ3n) is 4.96. The first-order chi connectivity index (χ1) is 12.5. The number of nitrogens with one attached hydrogen (secondary N) is 1. The first-order valence-electron chi connectivity index (χ1n) is 8.28. The van der Waals surface area contributed by atoms with Gasteiger partial charge >= 0.3 is 0 Å². The molecule has 2 aromatic carbocycles. The fourth-order valence-corrected chi connectivity index (χ4v) is 3.76. The Morgan fingerprint density at radius 3 is 2.88 bits per heavy atom. The maximum absolute atomic E-state index is 13.0. The van der Waals surface area contributed by atoms with Crippen molar-refractivity contribution in [3.63, 3.8) is 0 Å². The van der Waals surface area contributed by atoms with Gasteiger partial charge in [-0.2, -0.15) is 0 Å². The zero-order valence-electron chi connectivity index (χ0n) is 14.1. The van der Waals surface area contributed by atoms with Crippen LogP contribution in [0.3, 0.4) is 0 Å². The quantitative estimate of drug-likeness (QED) is 0.542. The zero-order valence-corrected chi connectivity index (χ0v) is 14.8. The van der Waals surface area contributed by atoms with E-state index >= 15 is 0 Å². The van der Waals surface area contributed by atoms with E-state index in [1.807, 2.05) is 18.2 Å². The van der Waals surface area contributed by atoms with Crippen molar-refractivity contribution in [1.29, 1.82) is 0 Å². The summed E-state index contributed by atoms with van der Waals surface area (Å²) in [6.07, 6.45) is 0.710. The van der Waals surface area contributed by atoms with Crippen molar-refractivity contribution in [3.8, 4) is 0 Å². The Balaban J connectivity index is 1.70. The van der Waals surface area contributed by atoms with E-state index in [0.29, 0.717) is 35.7 Å². The van der Waals surface area contributed by atoms with Crippen LogP contribution in [0.1, 0.15) is 27.2 Å². The molecular formula is C19H16ClN3O3. The van der Waals surface area contributed by atoms with Gasteiger partial charge < -0.3 is 9.88 Å². The fourth-order valence-electron chi connectivity index (χ4n) is 3.58. The minimum absolute atomic E-state index is 0.0348. The van der Waals surface area contributed by atoms with Gasteiger partial charge in [0.1, 0.15) is 0 Å². The van der Waals surface area contributed by atoms with Crippen LogP contribution >= 0.6 is 11.6 Å². The molecule has 132 valence electrons. The molecule has 0 saturated carbocycles. The highest BCUT2D eigenvalue weighted by molar-refractivity contribution is 6.31. The van der Waals surface area contributed by atoms with Crippen molar-refractivity contribution in [1.82, 2.24) is 9.88 Å². The summed E-state index contributed by atoms with van der Waals surface area (Å²) in [6.45, 7) is 2.64. The molecule has 0 saturated heterocycles. The maximum atomic E-state index is 13.0. The molecule has 1 N–H and O–H groups in total. The van der Waals surface area contributed by atoms with Gasteiger partial charge in [0, 0.05) is 63.9 Å². The van der Waals surface area contributed by atoms with Crippen LogP contribution in [0.25, 0.3) is 10.9 Å². The number of hydrogen-bond acceptors (Lipinski definition) is 3. The Labute approximate surface area is 154 Å². The molecule has 0 radical (unpaired) electrons. The number of carbonyl (C=O) groups excluding carboxylic acids is 1. The van der Waals surface area contributed by atoms with Crippen LogP contribution in [0, 0.1) is 17.0 Å². The van der Waals surface area contributed by atoms with Gasteiger partial charge in [0.2, 0.25) is 0 Å².